The molecule has 0 atom stereocenters. The van der Waals surface area contributed by atoms with Crippen LogP contribution in [0.4, 0.5) is 0 Å². The van der Waals surface area contributed by atoms with E-state index in [1.165, 1.54) is 17.7 Å². The van der Waals surface area contributed by atoms with Crippen molar-refractivity contribution in [3.8, 4) is 16.6 Å². The Labute approximate surface area is 122 Å². The van der Waals surface area contributed by atoms with Crippen LogP contribution < -0.4 is 10.1 Å². The van der Waals surface area contributed by atoms with Gasteiger partial charge in [-0.3, -0.25) is 0 Å². The quantitative estimate of drug-likeness (QED) is 0.885. The van der Waals surface area contributed by atoms with Gasteiger partial charge in [-0.2, -0.15) is 0 Å². The summed E-state index contributed by atoms with van der Waals surface area (Å²) in [5.41, 5.74) is 1.97. The fourth-order valence-electron chi connectivity index (χ4n) is 1.97. The van der Waals surface area contributed by atoms with E-state index < -0.39 is 0 Å². The zero-order valence-electron chi connectivity index (χ0n) is 11.7. The molecule has 0 bridgehead atoms. The SMILES string of the molecule is CCc1nc(-c2ccc(OC)nn2)sc1CNC1CC1. The monoisotopic (exact) mass is 290 g/mol. The Balaban J connectivity index is 1.80. The van der Waals surface area contributed by atoms with Gasteiger partial charge in [0.2, 0.25) is 5.88 Å². The third kappa shape index (κ3) is 2.96. The lowest BCUT2D eigenvalue weighted by Crippen LogP contribution is -2.15. The van der Waals surface area contributed by atoms with Crippen LogP contribution in [0, 0.1) is 0 Å². The average Bonchev–Trinajstić information content (AvgIpc) is 3.24. The highest BCUT2D eigenvalue weighted by atomic mass is 32.1. The molecule has 1 aliphatic carbocycles. The molecule has 1 saturated carbocycles. The smallest absolute Gasteiger partial charge is 0.233 e. The van der Waals surface area contributed by atoms with Gasteiger partial charge in [-0.25, -0.2) is 4.98 Å². The number of nitrogens with one attached hydrogen (secondary N) is 1. The molecule has 106 valence electrons. The molecule has 0 saturated heterocycles. The maximum atomic E-state index is 5.03. The summed E-state index contributed by atoms with van der Waals surface area (Å²) in [7, 11) is 1.59. The summed E-state index contributed by atoms with van der Waals surface area (Å²) >= 11 is 1.70. The number of methoxy groups -OCH3 is 1. The molecule has 0 aliphatic heterocycles. The Hall–Kier alpha value is -1.53. The zero-order chi connectivity index (χ0) is 13.9. The van der Waals surface area contributed by atoms with Gasteiger partial charge < -0.3 is 10.1 Å². The van der Waals surface area contributed by atoms with Gasteiger partial charge in [-0.1, -0.05) is 6.92 Å². The predicted molar refractivity (Wildman–Crippen MR) is 78.9 cm³/mol. The van der Waals surface area contributed by atoms with E-state index in [9.17, 15) is 0 Å². The van der Waals surface area contributed by atoms with Crippen molar-refractivity contribution in [3.63, 3.8) is 0 Å². The van der Waals surface area contributed by atoms with Crippen molar-refractivity contribution >= 4 is 11.3 Å². The lowest BCUT2D eigenvalue weighted by Gasteiger charge is -2.00. The number of aromatic nitrogens is 3. The first kappa shape index (κ1) is 13.5. The topological polar surface area (TPSA) is 59.9 Å². The van der Waals surface area contributed by atoms with Gasteiger partial charge in [0, 0.05) is 23.5 Å². The van der Waals surface area contributed by atoms with Crippen LogP contribution in [0.1, 0.15) is 30.3 Å². The number of aryl methyl sites for hydroxylation is 1. The van der Waals surface area contributed by atoms with Crippen molar-refractivity contribution in [2.24, 2.45) is 0 Å². The molecule has 1 N–H and O–H groups in total. The summed E-state index contributed by atoms with van der Waals surface area (Å²) in [6.45, 7) is 3.05. The molecule has 6 heteroatoms. The highest BCUT2D eigenvalue weighted by Crippen LogP contribution is 2.28. The van der Waals surface area contributed by atoms with E-state index in [0.717, 1.165) is 29.4 Å². The van der Waals surface area contributed by atoms with Crippen molar-refractivity contribution in [1.29, 1.82) is 0 Å². The molecule has 0 radical (unpaired) electrons. The summed E-state index contributed by atoms with van der Waals surface area (Å²) in [6, 6.07) is 4.44. The second-order valence-corrected chi connectivity index (χ2v) is 5.94. The number of hydrogen-bond donors (Lipinski definition) is 1. The number of nitrogens with zero attached hydrogens (tertiary/aromatic N) is 3. The molecule has 20 heavy (non-hydrogen) atoms. The van der Waals surface area contributed by atoms with Gasteiger partial charge in [0.1, 0.15) is 10.7 Å². The van der Waals surface area contributed by atoms with E-state index in [2.05, 4.69) is 27.4 Å². The lowest BCUT2D eigenvalue weighted by molar-refractivity contribution is 0.392. The Kier molecular flexibility index (Phi) is 3.93. The Morgan fingerprint density at radius 2 is 2.20 bits per heavy atom. The first-order valence-corrected chi connectivity index (χ1v) is 7.72. The van der Waals surface area contributed by atoms with Crippen molar-refractivity contribution in [2.75, 3.05) is 7.11 Å². The number of rotatable bonds is 6. The predicted octanol–water partition coefficient (Wildman–Crippen LogP) is 2.42. The van der Waals surface area contributed by atoms with Crippen LogP contribution >= 0.6 is 11.3 Å². The van der Waals surface area contributed by atoms with E-state index in [-0.39, 0.29) is 0 Å². The maximum absolute atomic E-state index is 5.03. The van der Waals surface area contributed by atoms with E-state index in [1.807, 2.05) is 12.1 Å². The van der Waals surface area contributed by atoms with Crippen LogP contribution in [0.2, 0.25) is 0 Å². The summed E-state index contributed by atoms with van der Waals surface area (Å²) < 4.78 is 5.03. The Morgan fingerprint density at radius 1 is 1.35 bits per heavy atom. The first-order valence-electron chi connectivity index (χ1n) is 6.90. The van der Waals surface area contributed by atoms with Crippen LogP contribution in [0.5, 0.6) is 5.88 Å². The molecule has 5 nitrogen and oxygen atoms in total. The molecule has 0 aromatic carbocycles. The van der Waals surface area contributed by atoms with Gasteiger partial charge in [0.25, 0.3) is 0 Å². The second-order valence-electron chi connectivity index (χ2n) is 4.86. The molecule has 0 unspecified atom stereocenters. The molecule has 0 amide bonds. The van der Waals surface area contributed by atoms with Gasteiger partial charge >= 0.3 is 0 Å². The lowest BCUT2D eigenvalue weighted by atomic mass is 10.3. The maximum Gasteiger partial charge on any atom is 0.233 e. The van der Waals surface area contributed by atoms with Gasteiger partial charge in [0.05, 0.1) is 12.8 Å². The molecule has 2 aromatic heterocycles. The van der Waals surface area contributed by atoms with Crippen molar-refractivity contribution < 1.29 is 4.74 Å². The summed E-state index contributed by atoms with van der Waals surface area (Å²) in [5, 5.41) is 12.6. The molecular formula is C14H18N4OS. The first-order chi connectivity index (χ1) is 9.80. The minimum atomic E-state index is 0.525. The normalized spacial score (nSPS) is 14.5. The van der Waals surface area contributed by atoms with Crippen LogP contribution in [0.25, 0.3) is 10.7 Å². The number of thiazole rings is 1. The number of ether oxygens (including phenoxy) is 1. The van der Waals surface area contributed by atoms with E-state index in [0.29, 0.717) is 11.9 Å². The number of hydrogen-bond acceptors (Lipinski definition) is 6. The van der Waals surface area contributed by atoms with Gasteiger partial charge in [0.15, 0.2) is 0 Å². The average molecular weight is 290 g/mol. The molecule has 0 spiro atoms. The molecular weight excluding hydrogens is 272 g/mol. The van der Waals surface area contributed by atoms with Crippen molar-refractivity contribution in [2.45, 2.75) is 38.8 Å². The Morgan fingerprint density at radius 3 is 2.80 bits per heavy atom. The van der Waals surface area contributed by atoms with Crippen LogP contribution in [-0.2, 0) is 13.0 Å². The molecule has 1 aliphatic rings. The molecule has 2 aromatic rings. The van der Waals surface area contributed by atoms with Gasteiger partial charge in [-0.15, -0.1) is 21.5 Å². The fraction of sp³-hybridized carbons (Fsp3) is 0.500. The highest BCUT2D eigenvalue weighted by Gasteiger charge is 2.21. The highest BCUT2D eigenvalue weighted by molar-refractivity contribution is 7.15. The third-order valence-electron chi connectivity index (χ3n) is 3.31. The standard InChI is InChI=1S/C14H18N4OS/c1-3-10-12(8-15-9-4-5-9)20-14(16-10)11-6-7-13(19-2)18-17-11/h6-7,9,15H,3-5,8H2,1-2H3. The third-order valence-corrected chi connectivity index (χ3v) is 4.43. The van der Waals surface area contributed by atoms with Gasteiger partial charge in [-0.05, 0) is 25.3 Å². The van der Waals surface area contributed by atoms with Crippen LogP contribution in [0.15, 0.2) is 12.1 Å². The summed E-state index contributed by atoms with van der Waals surface area (Å²) in [4.78, 5) is 6.00. The van der Waals surface area contributed by atoms with Crippen molar-refractivity contribution in [1.82, 2.24) is 20.5 Å². The summed E-state index contributed by atoms with van der Waals surface area (Å²) in [5.74, 6) is 0.525. The van der Waals surface area contributed by atoms with Crippen molar-refractivity contribution in [3.05, 3.63) is 22.7 Å². The van der Waals surface area contributed by atoms with E-state index in [4.69, 9.17) is 4.74 Å². The van der Waals surface area contributed by atoms with Crippen LogP contribution in [-0.4, -0.2) is 28.3 Å². The molecule has 3 rings (SSSR count). The minimum Gasteiger partial charge on any atom is -0.480 e. The Bertz CT molecular complexity index is 577. The van der Waals surface area contributed by atoms with Crippen LogP contribution in [0.3, 0.4) is 0 Å². The zero-order valence-corrected chi connectivity index (χ0v) is 12.5. The largest absolute Gasteiger partial charge is 0.480 e. The summed E-state index contributed by atoms with van der Waals surface area (Å²) in [6.07, 6.45) is 3.55. The minimum absolute atomic E-state index is 0.525. The van der Waals surface area contributed by atoms with E-state index in [1.54, 1.807) is 18.4 Å². The molecule has 2 heterocycles. The molecule has 1 fully saturated rings. The second kappa shape index (κ2) is 5.85. The fourth-order valence-corrected chi connectivity index (χ4v) is 3.04. The van der Waals surface area contributed by atoms with E-state index >= 15 is 0 Å².